The first-order valence-electron chi connectivity index (χ1n) is 5.17. The molecule has 1 heterocycles. The summed E-state index contributed by atoms with van der Waals surface area (Å²) in [7, 11) is 2.16. The molecule has 0 saturated carbocycles. The highest BCUT2D eigenvalue weighted by Gasteiger charge is 2.19. The largest absolute Gasteiger partial charge is 0.379 e. The van der Waals surface area contributed by atoms with Gasteiger partial charge in [-0.25, -0.2) is 0 Å². The Morgan fingerprint density at radius 2 is 2.07 bits per heavy atom. The van der Waals surface area contributed by atoms with E-state index in [0.717, 1.165) is 6.54 Å². The van der Waals surface area contributed by atoms with Gasteiger partial charge in [0.25, 0.3) is 0 Å². The summed E-state index contributed by atoms with van der Waals surface area (Å²) in [6.45, 7) is 7.65. The van der Waals surface area contributed by atoms with Crippen molar-refractivity contribution in [2.24, 2.45) is 0 Å². The number of anilines is 2. The van der Waals surface area contributed by atoms with Crippen molar-refractivity contribution in [3.05, 3.63) is 23.3 Å². The van der Waals surface area contributed by atoms with Gasteiger partial charge in [-0.2, -0.15) is 0 Å². The summed E-state index contributed by atoms with van der Waals surface area (Å²) >= 11 is 0. The van der Waals surface area contributed by atoms with Gasteiger partial charge in [0.2, 0.25) is 0 Å². The van der Waals surface area contributed by atoms with Crippen LogP contribution in [0.2, 0.25) is 0 Å². The number of hydrogen-bond acceptors (Lipinski definition) is 2. The first-order valence-corrected chi connectivity index (χ1v) is 5.17. The van der Waals surface area contributed by atoms with Gasteiger partial charge in [-0.15, -0.1) is 0 Å². The second kappa shape index (κ2) is 3.19. The average molecular weight is 190 g/mol. The Labute approximate surface area is 85.9 Å². The third kappa shape index (κ3) is 1.35. The number of benzene rings is 1. The Balaban J connectivity index is 2.54. The second-order valence-corrected chi connectivity index (χ2v) is 4.33. The molecule has 1 N–H and O–H groups in total. The maximum Gasteiger partial charge on any atom is 0.0613 e. The van der Waals surface area contributed by atoms with Crippen molar-refractivity contribution in [3.63, 3.8) is 0 Å². The molecule has 0 bridgehead atoms. The van der Waals surface area contributed by atoms with E-state index in [1.54, 1.807) is 0 Å². The number of nitrogens with one attached hydrogen (secondary N) is 1. The predicted molar refractivity (Wildman–Crippen MR) is 62.3 cm³/mol. The summed E-state index contributed by atoms with van der Waals surface area (Å²) in [6, 6.07) is 4.94. The van der Waals surface area contributed by atoms with Gasteiger partial charge >= 0.3 is 0 Å². The first-order chi connectivity index (χ1) is 6.59. The molecule has 0 saturated heterocycles. The van der Waals surface area contributed by atoms with E-state index >= 15 is 0 Å². The number of nitrogens with zero attached hydrogens (tertiary/aromatic N) is 1. The Hall–Kier alpha value is -1.18. The van der Waals surface area contributed by atoms with Crippen molar-refractivity contribution >= 4 is 11.4 Å². The zero-order chi connectivity index (χ0) is 10.3. The molecular weight excluding hydrogens is 172 g/mol. The van der Waals surface area contributed by atoms with Gasteiger partial charge in [0.05, 0.1) is 11.4 Å². The highest BCUT2D eigenvalue weighted by Crippen LogP contribution is 2.34. The molecule has 2 rings (SSSR count). The standard InChI is InChI=1S/C12H18N2/c1-8-5-6-11-12(10(8)3)13-9(2)7-14(11)4/h5-6,9,13H,7H2,1-4H3. The molecule has 1 aliphatic rings. The van der Waals surface area contributed by atoms with E-state index in [4.69, 9.17) is 0 Å². The van der Waals surface area contributed by atoms with E-state index in [0.29, 0.717) is 6.04 Å². The summed E-state index contributed by atoms with van der Waals surface area (Å²) in [5, 5.41) is 3.56. The van der Waals surface area contributed by atoms with E-state index < -0.39 is 0 Å². The highest BCUT2D eigenvalue weighted by molar-refractivity contribution is 5.76. The minimum absolute atomic E-state index is 0.535. The number of fused-ring (bicyclic) bond motifs is 1. The van der Waals surface area contributed by atoms with Gasteiger partial charge in [0.1, 0.15) is 0 Å². The molecule has 2 heteroatoms. The lowest BCUT2D eigenvalue weighted by atomic mass is 10.0. The van der Waals surface area contributed by atoms with Gasteiger partial charge in [-0.1, -0.05) is 6.07 Å². The molecule has 0 spiro atoms. The van der Waals surface area contributed by atoms with Crippen molar-refractivity contribution in [2.45, 2.75) is 26.8 Å². The molecule has 0 amide bonds. The molecule has 1 aliphatic heterocycles. The van der Waals surface area contributed by atoms with Crippen LogP contribution >= 0.6 is 0 Å². The summed E-state index contributed by atoms with van der Waals surface area (Å²) in [4.78, 5) is 2.32. The fourth-order valence-corrected chi connectivity index (χ4v) is 2.10. The fraction of sp³-hybridized carbons (Fsp3) is 0.500. The summed E-state index contributed by atoms with van der Waals surface area (Å²) in [5.74, 6) is 0. The second-order valence-electron chi connectivity index (χ2n) is 4.33. The zero-order valence-electron chi connectivity index (χ0n) is 9.39. The molecule has 1 aromatic rings. The molecule has 1 atom stereocenters. The molecule has 76 valence electrons. The molecule has 0 fully saturated rings. The number of rotatable bonds is 0. The fourth-order valence-electron chi connectivity index (χ4n) is 2.10. The van der Waals surface area contributed by atoms with E-state index in [1.165, 1.54) is 22.5 Å². The molecule has 14 heavy (non-hydrogen) atoms. The van der Waals surface area contributed by atoms with Crippen LogP contribution in [0.25, 0.3) is 0 Å². The minimum Gasteiger partial charge on any atom is -0.379 e. The lowest BCUT2D eigenvalue weighted by molar-refractivity contribution is 0.736. The van der Waals surface area contributed by atoms with Crippen molar-refractivity contribution < 1.29 is 0 Å². The van der Waals surface area contributed by atoms with Gasteiger partial charge in [0, 0.05) is 19.6 Å². The van der Waals surface area contributed by atoms with Gasteiger partial charge in [-0.05, 0) is 38.0 Å². The Morgan fingerprint density at radius 1 is 1.36 bits per heavy atom. The summed E-state index contributed by atoms with van der Waals surface area (Å²) < 4.78 is 0. The van der Waals surface area contributed by atoms with Crippen molar-refractivity contribution in [1.82, 2.24) is 0 Å². The predicted octanol–water partition coefficient (Wildman–Crippen LogP) is 2.55. The van der Waals surface area contributed by atoms with Crippen LogP contribution in [0.3, 0.4) is 0 Å². The quantitative estimate of drug-likeness (QED) is 0.676. The lowest BCUT2D eigenvalue weighted by Gasteiger charge is -2.34. The van der Waals surface area contributed by atoms with E-state index in [9.17, 15) is 0 Å². The molecule has 0 aromatic heterocycles. The van der Waals surface area contributed by atoms with Crippen molar-refractivity contribution in [2.75, 3.05) is 23.8 Å². The molecular formula is C12H18N2. The topological polar surface area (TPSA) is 15.3 Å². The molecule has 1 aromatic carbocycles. The van der Waals surface area contributed by atoms with Crippen LogP contribution < -0.4 is 10.2 Å². The lowest BCUT2D eigenvalue weighted by Crippen LogP contribution is -2.37. The average Bonchev–Trinajstić information content (AvgIpc) is 2.12. The first kappa shape index (κ1) is 9.38. The van der Waals surface area contributed by atoms with Gasteiger partial charge in [-0.3, -0.25) is 0 Å². The van der Waals surface area contributed by atoms with E-state index in [-0.39, 0.29) is 0 Å². The summed E-state index contributed by atoms with van der Waals surface area (Å²) in [6.07, 6.45) is 0. The molecule has 0 aliphatic carbocycles. The van der Waals surface area contributed by atoms with Gasteiger partial charge < -0.3 is 10.2 Å². The van der Waals surface area contributed by atoms with Crippen LogP contribution in [0.1, 0.15) is 18.1 Å². The third-order valence-electron chi connectivity index (χ3n) is 3.06. The molecule has 1 unspecified atom stereocenters. The Morgan fingerprint density at radius 3 is 2.79 bits per heavy atom. The van der Waals surface area contributed by atoms with Crippen LogP contribution in [0, 0.1) is 13.8 Å². The zero-order valence-corrected chi connectivity index (χ0v) is 9.39. The highest BCUT2D eigenvalue weighted by atomic mass is 15.2. The molecule has 0 radical (unpaired) electrons. The van der Waals surface area contributed by atoms with Crippen molar-refractivity contribution in [1.29, 1.82) is 0 Å². The number of likely N-dealkylation sites (N-methyl/N-ethyl adjacent to an activating group) is 1. The third-order valence-corrected chi connectivity index (χ3v) is 3.06. The van der Waals surface area contributed by atoms with Crippen molar-refractivity contribution in [3.8, 4) is 0 Å². The molecule has 2 nitrogen and oxygen atoms in total. The SMILES string of the molecule is Cc1ccc2c(c1C)NC(C)CN2C. The van der Waals surface area contributed by atoms with Crippen LogP contribution in [-0.4, -0.2) is 19.6 Å². The van der Waals surface area contributed by atoms with Crippen LogP contribution in [0.4, 0.5) is 11.4 Å². The van der Waals surface area contributed by atoms with E-state index in [2.05, 4.69) is 50.2 Å². The summed E-state index contributed by atoms with van der Waals surface area (Å²) in [5.41, 5.74) is 5.37. The monoisotopic (exact) mass is 190 g/mol. The van der Waals surface area contributed by atoms with E-state index in [1.807, 2.05) is 0 Å². The number of aryl methyl sites for hydroxylation is 1. The van der Waals surface area contributed by atoms with Gasteiger partial charge in [0.15, 0.2) is 0 Å². The number of hydrogen-bond donors (Lipinski definition) is 1. The van der Waals surface area contributed by atoms with Crippen LogP contribution in [0.5, 0.6) is 0 Å². The smallest absolute Gasteiger partial charge is 0.0613 e. The minimum atomic E-state index is 0.535. The Kier molecular flexibility index (Phi) is 2.14. The normalized spacial score (nSPS) is 20.3. The van der Waals surface area contributed by atoms with Crippen LogP contribution in [-0.2, 0) is 0 Å². The Bertz CT molecular complexity index is 358. The maximum absolute atomic E-state index is 3.56. The maximum atomic E-state index is 3.56. The van der Waals surface area contributed by atoms with Crippen LogP contribution in [0.15, 0.2) is 12.1 Å².